The lowest BCUT2D eigenvalue weighted by molar-refractivity contribution is 0.0998. The van der Waals surface area contributed by atoms with Gasteiger partial charge in [-0.05, 0) is 36.4 Å². The van der Waals surface area contributed by atoms with Gasteiger partial charge in [0.15, 0.2) is 0 Å². The second-order valence-electron chi connectivity index (χ2n) is 3.86. The number of primary amides is 1. The van der Waals surface area contributed by atoms with Gasteiger partial charge in [0.1, 0.15) is 11.4 Å². The summed E-state index contributed by atoms with van der Waals surface area (Å²) in [6.45, 7) is 0. The van der Waals surface area contributed by atoms with Crippen LogP contribution in [-0.2, 0) is 0 Å². The third-order valence-corrected chi connectivity index (χ3v) is 2.97. The molecule has 0 radical (unpaired) electrons. The van der Waals surface area contributed by atoms with E-state index in [0.717, 1.165) is 0 Å². The van der Waals surface area contributed by atoms with Crippen molar-refractivity contribution in [3.05, 3.63) is 52.0 Å². The number of nitrogens with zero attached hydrogens (tertiary/aromatic N) is 2. The molecule has 0 aliphatic carbocycles. The molecule has 0 saturated carbocycles. The number of carbonyl (C=O) groups is 1. The number of hydrogen-bond acceptors (Lipinski definition) is 4. The molecule has 20 heavy (non-hydrogen) atoms. The highest BCUT2D eigenvalue weighted by molar-refractivity contribution is 6.36. The predicted octanol–water partition coefficient (Wildman–Crippen LogP) is 4.21. The molecule has 0 aromatic heterocycles. The number of benzene rings is 2. The number of carbonyl (C=O) groups excluding carboxylic acids is 1. The first-order valence-corrected chi connectivity index (χ1v) is 6.22. The second kappa shape index (κ2) is 5.90. The average molecular weight is 310 g/mol. The molecular weight excluding hydrogens is 301 g/mol. The maximum atomic E-state index is 11.1. The summed E-state index contributed by atoms with van der Waals surface area (Å²) in [4.78, 5) is 11.1. The van der Waals surface area contributed by atoms with Crippen LogP contribution in [0.2, 0.25) is 10.0 Å². The van der Waals surface area contributed by atoms with Crippen LogP contribution in [-0.4, -0.2) is 11.0 Å². The van der Waals surface area contributed by atoms with Crippen molar-refractivity contribution in [3.63, 3.8) is 0 Å². The zero-order valence-corrected chi connectivity index (χ0v) is 11.6. The summed E-state index contributed by atoms with van der Waals surface area (Å²) in [5.74, 6) is -0.954. The Bertz CT molecular complexity index is 702. The van der Waals surface area contributed by atoms with Crippen LogP contribution in [0.4, 0.5) is 11.4 Å². The first-order valence-electron chi connectivity index (χ1n) is 5.47. The third kappa shape index (κ3) is 3.26. The number of halogens is 2. The number of hydrogen-bond donors (Lipinski definition) is 2. The molecule has 0 unspecified atom stereocenters. The van der Waals surface area contributed by atoms with Gasteiger partial charge in [0.05, 0.1) is 16.3 Å². The molecule has 5 nitrogen and oxygen atoms in total. The van der Waals surface area contributed by atoms with Crippen molar-refractivity contribution in [1.82, 2.24) is 0 Å². The maximum absolute atomic E-state index is 11.1. The third-order valence-electron chi connectivity index (χ3n) is 2.43. The van der Waals surface area contributed by atoms with E-state index in [1.54, 1.807) is 18.2 Å². The second-order valence-corrected chi connectivity index (χ2v) is 4.71. The predicted molar refractivity (Wildman–Crippen MR) is 77.3 cm³/mol. The lowest BCUT2D eigenvalue weighted by Gasteiger charge is -2.01. The summed E-state index contributed by atoms with van der Waals surface area (Å²) in [6.07, 6.45) is 0. The number of amides is 1. The summed E-state index contributed by atoms with van der Waals surface area (Å²) in [6, 6.07) is 8.94. The Morgan fingerprint density at radius 1 is 1.10 bits per heavy atom. The van der Waals surface area contributed by atoms with Crippen LogP contribution >= 0.6 is 23.2 Å². The highest BCUT2D eigenvalue weighted by atomic mass is 35.5. The van der Waals surface area contributed by atoms with Gasteiger partial charge in [-0.3, -0.25) is 4.79 Å². The fourth-order valence-electron chi connectivity index (χ4n) is 1.46. The van der Waals surface area contributed by atoms with Crippen LogP contribution in [0.15, 0.2) is 46.6 Å². The van der Waals surface area contributed by atoms with Crippen molar-refractivity contribution >= 4 is 40.5 Å². The highest BCUT2D eigenvalue weighted by Gasteiger charge is 2.08. The largest absolute Gasteiger partial charge is 0.507 e. The van der Waals surface area contributed by atoms with Crippen molar-refractivity contribution < 1.29 is 9.90 Å². The van der Waals surface area contributed by atoms with Gasteiger partial charge in [-0.15, -0.1) is 5.11 Å². The van der Waals surface area contributed by atoms with Gasteiger partial charge in [-0.25, -0.2) is 0 Å². The Morgan fingerprint density at radius 2 is 1.85 bits per heavy atom. The molecule has 0 heterocycles. The summed E-state index contributed by atoms with van der Waals surface area (Å²) in [7, 11) is 0. The first kappa shape index (κ1) is 14.3. The molecule has 102 valence electrons. The SMILES string of the molecule is NC(=O)c1cc(/N=N/c2ccc(Cl)cc2Cl)ccc1O. The normalized spacial score (nSPS) is 10.9. The fourth-order valence-corrected chi connectivity index (χ4v) is 1.90. The molecule has 2 rings (SSSR count). The van der Waals surface area contributed by atoms with Crippen LogP contribution in [0, 0.1) is 0 Å². The van der Waals surface area contributed by atoms with E-state index in [1.165, 1.54) is 18.2 Å². The van der Waals surface area contributed by atoms with E-state index >= 15 is 0 Å². The lowest BCUT2D eigenvalue weighted by Crippen LogP contribution is -2.10. The van der Waals surface area contributed by atoms with Gasteiger partial charge in [-0.2, -0.15) is 5.11 Å². The molecule has 0 spiro atoms. The topological polar surface area (TPSA) is 88.0 Å². The minimum atomic E-state index is -0.746. The Morgan fingerprint density at radius 3 is 2.50 bits per heavy atom. The van der Waals surface area contributed by atoms with Crippen molar-refractivity contribution in [2.45, 2.75) is 0 Å². The van der Waals surface area contributed by atoms with Gasteiger partial charge in [0.2, 0.25) is 0 Å². The summed E-state index contributed by atoms with van der Waals surface area (Å²) in [5.41, 5.74) is 5.90. The van der Waals surface area contributed by atoms with Gasteiger partial charge in [0.25, 0.3) is 5.91 Å². The molecule has 0 fully saturated rings. The van der Waals surface area contributed by atoms with E-state index in [1.807, 2.05) is 0 Å². The lowest BCUT2D eigenvalue weighted by atomic mass is 10.2. The van der Waals surface area contributed by atoms with Crippen molar-refractivity contribution in [3.8, 4) is 5.75 Å². The zero-order valence-electron chi connectivity index (χ0n) is 10.0. The Kier molecular flexibility index (Phi) is 4.22. The van der Waals surface area contributed by atoms with Gasteiger partial charge in [0, 0.05) is 5.02 Å². The molecule has 3 N–H and O–H groups in total. The molecule has 7 heteroatoms. The maximum Gasteiger partial charge on any atom is 0.252 e. The summed E-state index contributed by atoms with van der Waals surface area (Å²) < 4.78 is 0. The van der Waals surface area contributed by atoms with E-state index in [2.05, 4.69) is 10.2 Å². The Labute approximate surface area is 124 Å². The smallest absolute Gasteiger partial charge is 0.252 e. The van der Waals surface area contributed by atoms with Crippen LogP contribution in [0.5, 0.6) is 5.75 Å². The minimum absolute atomic E-state index is 0.0244. The van der Waals surface area contributed by atoms with Crippen molar-refractivity contribution in [2.75, 3.05) is 0 Å². The number of nitrogens with two attached hydrogens (primary N) is 1. The quantitative estimate of drug-likeness (QED) is 0.832. The molecule has 0 aliphatic heterocycles. The Hall–Kier alpha value is -2.11. The molecule has 1 amide bonds. The van der Waals surface area contributed by atoms with Crippen LogP contribution in [0.1, 0.15) is 10.4 Å². The van der Waals surface area contributed by atoms with Crippen molar-refractivity contribution in [1.29, 1.82) is 0 Å². The molecule has 0 saturated heterocycles. The van der Waals surface area contributed by atoms with E-state index in [0.29, 0.717) is 21.4 Å². The standard InChI is InChI=1S/C13H9Cl2N3O2/c14-7-1-3-11(10(15)5-7)18-17-8-2-4-12(19)9(6-8)13(16)20/h1-6,19H,(H2,16,20)/b18-17+. The average Bonchev–Trinajstić information content (AvgIpc) is 2.39. The number of rotatable bonds is 3. The zero-order chi connectivity index (χ0) is 14.7. The number of azo groups is 1. The highest BCUT2D eigenvalue weighted by Crippen LogP contribution is 2.30. The van der Waals surface area contributed by atoms with E-state index in [4.69, 9.17) is 28.9 Å². The van der Waals surface area contributed by atoms with Gasteiger partial charge >= 0.3 is 0 Å². The molecule has 2 aromatic carbocycles. The van der Waals surface area contributed by atoms with E-state index < -0.39 is 5.91 Å². The fraction of sp³-hybridized carbons (Fsp3) is 0. The molecule has 0 bridgehead atoms. The van der Waals surface area contributed by atoms with Crippen molar-refractivity contribution in [2.24, 2.45) is 16.0 Å². The summed E-state index contributed by atoms with van der Waals surface area (Å²) >= 11 is 11.7. The van der Waals surface area contributed by atoms with Gasteiger partial charge in [-0.1, -0.05) is 23.2 Å². The van der Waals surface area contributed by atoms with Gasteiger partial charge < -0.3 is 10.8 Å². The Balaban J connectivity index is 2.32. The van der Waals surface area contributed by atoms with Crippen LogP contribution in [0.3, 0.4) is 0 Å². The van der Waals surface area contributed by atoms with Crippen LogP contribution < -0.4 is 5.73 Å². The van der Waals surface area contributed by atoms with Crippen LogP contribution in [0.25, 0.3) is 0 Å². The molecule has 0 aliphatic rings. The molecule has 0 atom stereocenters. The monoisotopic (exact) mass is 309 g/mol. The number of phenols is 1. The first-order chi connectivity index (χ1) is 9.47. The van der Waals surface area contributed by atoms with E-state index in [9.17, 15) is 9.90 Å². The molecular formula is C13H9Cl2N3O2. The summed E-state index contributed by atoms with van der Waals surface area (Å²) in [5, 5.41) is 18.2. The number of aromatic hydroxyl groups is 1. The van der Waals surface area contributed by atoms with E-state index in [-0.39, 0.29) is 11.3 Å². The molecule has 2 aromatic rings. The minimum Gasteiger partial charge on any atom is -0.507 e.